The van der Waals surface area contributed by atoms with Gasteiger partial charge >= 0.3 is 0 Å². The predicted octanol–water partition coefficient (Wildman–Crippen LogP) is 2.31. The van der Waals surface area contributed by atoms with Crippen molar-refractivity contribution in [1.29, 1.82) is 0 Å². The zero-order chi connectivity index (χ0) is 13.7. The number of hydrogen-bond acceptors (Lipinski definition) is 4. The number of para-hydroxylation sites is 1. The Labute approximate surface area is 113 Å². The number of nitrogens with one attached hydrogen (secondary N) is 1. The van der Waals surface area contributed by atoms with Crippen LogP contribution >= 0.6 is 0 Å². The smallest absolute Gasteiger partial charge is 0.128 e. The standard InChI is InChI=1S/C15H19N3O/c1-11-8-9-18-15(16)14(11)13(17-2)10-19-12-6-4-3-5-7-12/h3-9,13,17H,10H2,1-2H3,(H2,16,18). The van der Waals surface area contributed by atoms with Crippen molar-refractivity contribution in [3.05, 3.63) is 53.7 Å². The third-order valence-corrected chi connectivity index (χ3v) is 3.10. The molecule has 3 N–H and O–H groups in total. The van der Waals surface area contributed by atoms with Crippen molar-refractivity contribution in [2.24, 2.45) is 0 Å². The number of benzene rings is 1. The highest BCUT2D eigenvalue weighted by atomic mass is 16.5. The molecule has 0 bridgehead atoms. The largest absolute Gasteiger partial charge is 0.492 e. The minimum absolute atomic E-state index is 0.0221. The lowest BCUT2D eigenvalue weighted by Gasteiger charge is -2.20. The lowest BCUT2D eigenvalue weighted by molar-refractivity contribution is 0.273. The first kappa shape index (κ1) is 13.4. The van der Waals surface area contributed by atoms with E-state index in [0.717, 1.165) is 16.9 Å². The molecule has 100 valence electrons. The monoisotopic (exact) mass is 257 g/mol. The molecule has 0 saturated heterocycles. The number of hydrogen-bond donors (Lipinski definition) is 2. The molecule has 0 aliphatic carbocycles. The van der Waals surface area contributed by atoms with Gasteiger partial charge in [0.2, 0.25) is 0 Å². The first-order chi connectivity index (χ1) is 9.22. The van der Waals surface area contributed by atoms with E-state index in [1.54, 1.807) is 6.20 Å². The van der Waals surface area contributed by atoms with Gasteiger partial charge in [-0.05, 0) is 37.7 Å². The van der Waals surface area contributed by atoms with Gasteiger partial charge in [-0.25, -0.2) is 4.98 Å². The predicted molar refractivity (Wildman–Crippen MR) is 77.1 cm³/mol. The summed E-state index contributed by atoms with van der Waals surface area (Å²) in [6, 6.07) is 11.7. The zero-order valence-corrected chi connectivity index (χ0v) is 11.3. The second kappa shape index (κ2) is 6.20. The minimum Gasteiger partial charge on any atom is -0.492 e. The van der Waals surface area contributed by atoms with Gasteiger partial charge in [-0.2, -0.15) is 0 Å². The number of rotatable bonds is 5. The van der Waals surface area contributed by atoms with Crippen LogP contribution in [0.5, 0.6) is 5.75 Å². The summed E-state index contributed by atoms with van der Waals surface area (Å²) in [4.78, 5) is 4.15. The fraction of sp³-hybridized carbons (Fsp3) is 0.267. The second-order valence-corrected chi connectivity index (χ2v) is 4.39. The van der Waals surface area contributed by atoms with Crippen molar-refractivity contribution in [2.75, 3.05) is 19.4 Å². The van der Waals surface area contributed by atoms with Crippen LogP contribution in [0.1, 0.15) is 17.2 Å². The number of anilines is 1. The maximum Gasteiger partial charge on any atom is 0.128 e. The van der Waals surface area contributed by atoms with Gasteiger partial charge in [-0.1, -0.05) is 18.2 Å². The van der Waals surface area contributed by atoms with Crippen molar-refractivity contribution < 1.29 is 4.74 Å². The summed E-state index contributed by atoms with van der Waals surface area (Å²) in [5, 5.41) is 3.23. The molecule has 0 fully saturated rings. The summed E-state index contributed by atoms with van der Waals surface area (Å²) in [5.74, 6) is 1.40. The molecule has 0 radical (unpaired) electrons. The fourth-order valence-corrected chi connectivity index (χ4v) is 2.05. The van der Waals surface area contributed by atoms with Crippen LogP contribution in [0.25, 0.3) is 0 Å². The second-order valence-electron chi connectivity index (χ2n) is 4.39. The number of nitrogens with zero attached hydrogens (tertiary/aromatic N) is 1. The molecule has 1 aromatic carbocycles. The summed E-state index contributed by atoms with van der Waals surface area (Å²) in [6.07, 6.45) is 1.72. The number of pyridine rings is 1. The Kier molecular flexibility index (Phi) is 4.36. The van der Waals surface area contributed by atoms with Crippen LogP contribution in [0.2, 0.25) is 0 Å². The molecule has 19 heavy (non-hydrogen) atoms. The van der Waals surface area contributed by atoms with Gasteiger partial charge in [-0.3, -0.25) is 0 Å². The molecule has 1 unspecified atom stereocenters. The van der Waals surface area contributed by atoms with Crippen molar-refractivity contribution in [1.82, 2.24) is 10.3 Å². The van der Waals surface area contributed by atoms with Gasteiger partial charge in [0.15, 0.2) is 0 Å². The maximum atomic E-state index is 5.96. The summed E-state index contributed by atoms with van der Waals surface area (Å²) >= 11 is 0. The number of aryl methyl sites for hydroxylation is 1. The first-order valence-electron chi connectivity index (χ1n) is 6.28. The summed E-state index contributed by atoms with van der Waals surface area (Å²) in [6.45, 7) is 2.54. The molecule has 2 aromatic rings. The quantitative estimate of drug-likeness (QED) is 0.863. The molecule has 4 heteroatoms. The summed E-state index contributed by atoms with van der Waals surface area (Å²) in [5.41, 5.74) is 8.08. The molecule has 0 saturated carbocycles. The number of ether oxygens (including phenoxy) is 1. The Morgan fingerprint density at radius 2 is 2.00 bits per heavy atom. The molecule has 1 atom stereocenters. The van der Waals surface area contributed by atoms with E-state index in [-0.39, 0.29) is 6.04 Å². The van der Waals surface area contributed by atoms with E-state index in [2.05, 4.69) is 10.3 Å². The maximum absolute atomic E-state index is 5.96. The molecule has 0 amide bonds. The highest BCUT2D eigenvalue weighted by Gasteiger charge is 2.16. The minimum atomic E-state index is 0.0221. The Balaban J connectivity index is 2.12. The van der Waals surface area contributed by atoms with Gasteiger partial charge in [-0.15, -0.1) is 0 Å². The van der Waals surface area contributed by atoms with Crippen molar-refractivity contribution in [2.45, 2.75) is 13.0 Å². The molecule has 0 aliphatic heterocycles. The van der Waals surface area contributed by atoms with Gasteiger partial charge in [0, 0.05) is 11.8 Å². The van der Waals surface area contributed by atoms with Gasteiger partial charge in [0.25, 0.3) is 0 Å². The summed E-state index contributed by atoms with van der Waals surface area (Å²) < 4.78 is 5.78. The van der Waals surface area contributed by atoms with E-state index in [4.69, 9.17) is 10.5 Å². The molecule has 1 aromatic heterocycles. The molecule has 4 nitrogen and oxygen atoms in total. The number of aromatic nitrogens is 1. The third-order valence-electron chi connectivity index (χ3n) is 3.10. The van der Waals surface area contributed by atoms with Crippen LogP contribution in [0.15, 0.2) is 42.6 Å². The van der Waals surface area contributed by atoms with Crippen LogP contribution in [-0.4, -0.2) is 18.6 Å². The van der Waals surface area contributed by atoms with Gasteiger partial charge in [0.05, 0.1) is 6.04 Å². The van der Waals surface area contributed by atoms with Crippen LogP contribution < -0.4 is 15.8 Å². The molecule has 1 heterocycles. The van der Waals surface area contributed by atoms with Crippen LogP contribution in [-0.2, 0) is 0 Å². The number of nitrogen functional groups attached to an aromatic ring is 1. The Bertz CT molecular complexity index is 508. The molecule has 0 spiro atoms. The molecule has 2 rings (SSSR count). The SMILES string of the molecule is CNC(COc1ccccc1)c1c(C)ccnc1N. The van der Waals surface area contributed by atoms with Gasteiger partial charge in [0.1, 0.15) is 18.2 Å². The van der Waals surface area contributed by atoms with Crippen LogP contribution in [0.4, 0.5) is 5.82 Å². The van der Waals surface area contributed by atoms with Crippen LogP contribution in [0, 0.1) is 6.92 Å². The molecular formula is C15H19N3O. The topological polar surface area (TPSA) is 60.2 Å². The lowest BCUT2D eigenvalue weighted by atomic mass is 10.0. The van der Waals surface area contributed by atoms with Gasteiger partial charge < -0.3 is 15.8 Å². The van der Waals surface area contributed by atoms with E-state index in [0.29, 0.717) is 12.4 Å². The van der Waals surface area contributed by atoms with Crippen molar-refractivity contribution in [3.63, 3.8) is 0 Å². The number of likely N-dealkylation sites (N-methyl/N-ethyl adjacent to an activating group) is 1. The lowest BCUT2D eigenvalue weighted by Crippen LogP contribution is -2.25. The van der Waals surface area contributed by atoms with Crippen molar-refractivity contribution in [3.8, 4) is 5.75 Å². The highest BCUT2D eigenvalue weighted by molar-refractivity contribution is 5.46. The number of nitrogens with two attached hydrogens (primary N) is 1. The van der Waals surface area contributed by atoms with Crippen molar-refractivity contribution >= 4 is 5.82 Å². The fourth-order valence-electron chi connectivity index (χ4n) is 2.05. The first-order valence-corrected chi connectivity index (χ1v) is 6.28. The molecule has 0 aliphatic rings. The Hall–Kier alpha value is -2.07. The van der Waals surface area contributed by atoms with E-state index < -0.39 is 0 Å². The average Bonchev–Trinajstić information content (AvgIpc) is 2.43. The average molecular weight is 257 g/mol. The Morgan fingerprint density at radius 3 is 2.63 bits per heavy atom. The normalized spacial score (nSPS) is 12.1. The third kappa shape index (κ3) is 3.23. The highest BCUT2D eigenvalue weighted by Crippen LogP contribution is 2.23. The van der Waals surface area contributed by atoms with Crippen LogP contribution in [0.3, 0.4) is 0 Å². The zero-order valence-electron chi connectivity index (χ0n) is 11.3. The van der Waals surface area contributed by atoms with E-state index in [1.165, 1.54) is 0 Å². The van der Waals surface area contributed by atoms with E-state index in [1.807, 2.05) is 50.4 Å². The Morgan fingerprint density at radius 1 is 1.26 bits per heavy atom. The van der Waals surface area contributed by atoms with E-state index >= 15 is 0 Å². The van der Waals surface area contributed by atoms with E-state index in [9.17, 15) is 0 Å². The molecular weight excluding hydrogens is 238 g/mol. The summed E-state index contributed by atoms with van der Waals surface area (Å²) in [7, 11) is 1.89.